The minimum Gasteiger partial charge on any atom is -0.478 e. The third-order valence-electron chi connectivity index (χ3n) is 7.61. The van der Waals surface area contributed by atoms with Crippen molar-refractivity contribution in [3.8, 4) is 0 Å². The van der Waals surface area contributed by atoms with Gasteiger partial charge in [-0.3, -0.25) is 9.59 Å². The normalized spacial score (nSPS) is 19.9. The van der Waals surface area contributed by atoms with Gasteiger partial charge in [-0.15, -0.1) is 0 Å². The number of halogens is 2. The van der Waals surface area contributed by atoms with Crippen LogP contribution in [0.4, 0.5) is 5.69 Å². The third-order valence-corrected chi connectivity index (χ3v) is 8.24. The molecule has 1 fully saturated rings. The average molecular weight is 590 g/mol. The van der Waals surface area contributed by atoms with Crippen molar-refractivity contribution in [2.45, 2.75) is 58.9 Å². The highest BCUT2D eigenvalue weighted by Gasteiger charge is 2.47. The molecule has 3 rings (SSSR count). The molecule has 1 saturated carbocycles. The monoisotopic (exact) mass is 588 g/mol. The van der Waals surface area contributed by atoms with Gasteiger partial charge in [0, 0.05) is 18.2 Å². The Labute approximate surface area is 244 Å². The number of rotatable bonds is 9. The number of esters is 1. The molecule has 214 valence electrons. The quantitative estimate of drug-likeness (QED) is 0.241. The number of carboxylic acids is 1. The summed E-state index contributed by atoms with van der Waals surface area (Å²) < 4.78 is 4.98. The van der Waals surface area contributed by atoms with Crippen molar-refractivity contribution in [2.24, 2.45) is 10.8 Å². The Kier molecular flexibility index (Phi) is 10.0. The number of aliphatic carboxylic acids is 1. The van der Waals surface area contributed by atoms with Crippen molar-refractivity contribution in [1.82, 2.24) is 5.32 Å². The molecule has 2 aromatic rings. The minimum atomic E-state index is -1.000. The van der Waals surface area contributed by atoms with E-state index in [-0.39, 0.29) is 27.9 Å². The summed E-state index contributed by atoms with van der Waals surface area (Å²) in [5.41, 5.74) is 0.975. The van der Waals surface area contributed by atoms with Gasteiger partial charge >= 0.3 is 11.9 Å². The molecule has 10 heteroatoms. The summed E-state index contributed by atoms with van der Waals surface area (Å²) in [4.78, 5) is 50.2. The van der Waals surface area contributed by atoms with Crippen LogP contribution < -0.4 is 10.6 Å². The summed E-state index contributed by atoms with van der Waals surface area (Å²) in [6, 6.07) is 10.7. The molecule has 0 saturated heterocycles. The van der Waals surface area contributed by atoms with E-state index >= 15 is 0 Å². The lowest BCUT2D eigenvalue weighted by atomic mass is 9.59. The van der Waals surface area contributed by atoms with Crippen molar-refractivity contribution in [3.63, 3.8) is 0 Å². The van der Waals surface area contributed by atoms with E-state index in [1.165, 1.54) is 13.2 Å². The van der Waals surface area contributed by atoms with Gasteiger partial charge in [-0.25, -0.2) is 9.59 Å². The van der Waals surface area contributed by atoms with Crippen molar-refractivity contribution < 1.29 is 29.0 Å². The maximum absolute atomic E-state index is 13.6. The second-order valence-electron chi connectivity index (χ2n) is 10.7. The molecule has 0 bridgehead atoms. The average Bonchev–Trinajstić information content (AvgIpc) is 2.89. The lowest BCUT2D eigenvalue weighted by molar-refractivity contribution is -0.147. The zero-order valence-electron chi connectivity index (χ0n) is 23.0. The largest absolute Gasteiger partial charge is 0.478 e. The number of hydrogen-bond acceptors (Lipinski definition) is 5. The fourth-order valence-corrected chi connectivity index (χ4v) is 5.92. The van der Waals surface area contributed by atoms with E-state index in [0.717, 1.165) is 11.1 Å². The number of carboxylic acid groups (broad SMARTS) is 1. The van der Waals surface area contributed by atoms with Crippen LogP contribution >= 0.6 is 23.2 Å². The molecule has 0 heterocycles. The lowest BCUT2D eigenvalue weighted by Gasteiger charge is -2.45. The van der Waals surface area contributed by atoms with Crippen LogP contribution in [0.25, 0.3) is 0 Å². The summed E-state index contributed by atoms with van der Waals surface area (Å²) in [7, 11) is 1.27. The van der Waals surface area contributed by atoms with E-state index in [2.05, 4.69) is 10.6 Å². The van der Waals surface area contributed by atoms with E-state index in [1.807, 2.05) is 20.8 Å². The van der Waals surface area contributed by atoms with Gasteiger partial charge in [0.05, 0.1) is 28.1 Å². The van der Waals surface area contributed by atoms with Gasteiger partial charge in [-0.05, 0) is 60.9 Å². The molecule has 8 nitrogen and oxygen atoms in total. The highest BCUT2D eigenvalue weighted by molar-refractivity contribution is 6.40. The van der Waals surface area contributed by atoms with E-state index in [1.54, 1.807) is 42.5 Å². The van der Waals surface area contributed by atoms with Gasteiger partial charge < -0.3 is 20.5 Å². The van der Waals surface area contributed by atoms with Gasteiger partial charge in [0.1, 0.15) is 6.04 Å². The molecule has 1 unspecified atom stereocenters. The predicted octanol–water partition coefficient (Wildman–Crippen LogP) is 6.06. The van der Waals surface area contributed by atoms with Crippen LogP contribution in [0, 0.1) is 10.8 Å². The maximum atomic E-state index is 13.6. The van der Waals surface area contributed by atoms with Crippen LogP contribution in [0.2, 0.25) is 10.0 Å². The first-order chi connectivity index (χ1) is 18.8. The number of ether oxygens (including phenoxy) is 1. The highest BCUT2D eigenvalue weighted by Crippen LogP contribution is 2.51. The fraction of sp³-hybridized carbons (Fsp3) is 0.400. The summed E-state index contributed by atoms with van der Waals surface area (Å²) in [5, 5.41) is 15.4. The molecule has 2 atom stereocenters. The Morgan fingerprint density at radius 3 is 2.23 bits per heavy atom. The number of amides is 2. The second kappa shape index (κ2) is 12.9. The van der Waals surface area contributed by atoms with Crippen LogP contribution in [-0.2, 0) is 25.5 Å². The van der Waals surface area contributed by atoms with Gasteiger partial charge in [-0.2, -0.15) is 0 Å². The number of carbonyl (C=O) groups is 4. The minimum absolute atomic E-state index is 0.171. The van der Waals surface area contributed by atoms with Gasteiger partial charge in [0.15, 0.2) is 0 Å². The molecule has 2 aromatic carbocycles. The van der Waals surface area contributed by atoms with Gasteiger partial charge in [0.25, 0.3) is 5.91 Å². The van der Waals surface area contributed by atoms with E-state index in [9.17, 15) is 24.3 Å². The number of benzene rings is 2. The fourth-order valence-electron chi connectivity index (χ4n) is 5.35. The summed E-state index contributed by atoms with van der Waals surface area (Å²) in [6.07, 6.45) is 3.38. The first-order valence-electron chi connectivity index (χ1n) is 13.0. The number of hydrogen-bond donors (Lipinski definition) is 3. The predicted molar refractivity (Wildman–Crippen MR) is 155 cm³/mol. The molecule has 3 N–H and O–H groups in total. The van der Waals surface area contributed by atoms with Gasteiger partial charge in [-0.1, -0.05) is 67.7 Å². The Morgan fingerprint density at radius 2 is 1.70 bits per heavy atom. The van der Waals surface area contributed by atoms with Crippen molar-refractivity contribution in [2.75, 3.05) is 12.4 Å². The molecule has 0 aromatic heterocycles. The maximum Gasteiger partial charge on any atom is 0.328 e. The number of nitrogens with one attached hydrogen (secondary N) is 2. The number of anilines is 1. The van der Waals surface area contributed by atoms with E-state index < -0.39 is 34.7 Å². The molecular formula is C30H34Cl2N2O6. The Balaban J connectivity index is 1.73. The van der Waals surface area contributed by atoms with Crippen molar-refractivity contribution in [3.05, 3.63) is 75.3 Å². The molecule has 1 aliphatic rings. The Hall–Kier alpha value is -3.36. The zero-order chi connectivity index (χ0) is 29.7. The molecule has 2 amide bonds. The molecule has 0 aliphatic heterocycles. The van der Waals surface area contributed by atoms with Crippen molar-refractivity contribution in [1.29, 1.82) is 0 Å². The lowest BCUT2D eigenvalue weighted by Crippen LogP contribution is -2.52. The first-order valence-corrected chi connectivity index (χ1v) is 13.7. The smallest absolute Gasteiger partial charge is 0.328 e. The topological polar surface area (TPSA) is 122 Å². The SMILES string of the molecule is CCC1(C(=O)N[C@@H](Cc2ccc(NC(=O)c3c(Cl)cccc3Cl)cc2)C(=O)OC)CC/C(=C\C(=O)O)C(C)(C)C1. The van der Waals surface area contributed by atoms with Crippen LogP contribution in [0.3, 0.4) is 0 Å². The van der Waals surface area contributed by atoms with E-state index in [0.29, 0.717) is 31.4 Å². The number of carbonyl (C=O) groups excluding carboxylic acids is 3. The Morgan fingerprint density at radius 1 is 1.07 bits per heavy atom. The summed E-state index contributed by atoms with van der Waals surface area (Å²) in [6.45, 7) is 5.81. The number of allylic oxidation sites excluding steroid dienone is 1. The Bertz CT molecular complexity index is 1300. The molecule has 0 spiro atoms. The van der Waals surface area contributed by atoms with E-state index in [4.69, 9.17) is 27.9 Å². The molecule has 1 aliphatic carbocycles. The molecule has 40 heavy (non-hydrogen) atoms. The van der Waals surface area contributed by atoms with Crippen LogP contribution in [0.5, 0.6) is 0 Å². The second-order valence-corrected chi connectivity index (χ2v) is 11.5. The zero-order valence-corrected chi connectivity index (χ0v) is 24.5. The molecular weight excluding hydrogens is 555 g/mol. The van der Waals surface area contributed by atoms with Crippen LogP contribution in [0.1, 0.15) is 62.4 Å². The molecule has 0 radical (unpaired) electrons. The van der Waals surface area contributed by atoms with Crippen LogP contribution in [0.15, 0.2) is 54.1 Å². The van der Waals surface area contributed by atoms with Crippen molar-refractivity contribution >= 4 is 52.6 Å². The number of methoxy groups -OCH3 is 1. The van der Waals surface area contributed by atoms with Crippen LogP contribution in [-0.4, -0.2) is 42.0 Å². The summed E-state index contributed by atoms with van der Waals surface area (Å²) in [5.74, 6) is -2.29. The summed E-state index contributed by atoms with van der Waals surface area (Å²) >= 11 is 12.3. The third kappa shape index (κ3) is 7.23. The first kappa shape index (κ1) is 31.2. The van der Waals surface area contributed by atoms with Gasteiger partial charge in [0.2, 0.25) is 5.91 Å². The standard InChI is InChI=1S/C30H34Cl2N2O6/c1-5-30(14-13-19(16-24(35)36)29(2,3)17-30)28(39)34-23(27(38)40-4)15-18-9-11-20(12-10-18)33-26(37)25-21(31)7-6-8-22(25)32/h6-12,16,23H,5,13-15,17H2,1-4H3,(H,33,37)(H,34,39)(H,35,36)/b19-16+/t23-,30?/m0/s1. The highest BCUT2D eigenvalue weighted by atomic mass is 35.5.